The number of aliphatic imine (C=N–C) groups is 1. The molecule has 4 rings (SSSR count). The van der Waals surface area contributed by atoms with Gasteiger partial charge in [0.05, 0.1) is 6.54 Å². The monoisotopic (exact) mass is 425 g/mol. The molecule has 32 heavy (non-hydrogen) atoms. The van der Waals surface area contributed by atoms with E-state index in [0.717, 1.165) is 32.7 Å². The summed E-state index contributed by atoms with van der Waals surface area (Å²) in [6.45, 7) is 9.26. The molecule has 0 bridgehead atoms. The predicted octanol–water partition coefficient (Wildman–Crippen LogP) is 6.01. The summed E-state index contributed by atoms with van der Waals surface area (Å²) in [5.74, 6) is 0. The molecule has 1 fully saturated rings. The molecule has 0 unspecified atom stereocenters. The van der Waals surface area contributed by atoms with Crippen molar-refractivity contribution in [2.45, 2.75) is 45.8 Å². The van der Waals surface area contributed by atoms with Crippen molar-refractivity contribution in [2.24, 2.45) is 4.99 Å². The average Bonchev–Trinajstić information content (AvgIpc) is 2.84. The summed E-state index contributed by atoms with van der Waals surface area (Å²) in [6.07, 6.45) is 11.0. The average molecular weight is 426 g/mol. The second-order valence-corrected chi connectivity index (χ2v) is 9.07. The normalized spacial score (nSPS) is 18.2. The van der Waals surface area contributed by atoms with Crippen LogP contribution >= 0.6 is 0 Å². The fourth-order valence-corrected chi connectivity index (χ4v) is 4.60. The summed E-state index contributed by atoms with van der Waals surface area (Å²) < 4.78 is 0. The number of dihydropyridines is 1. The van der Waals surface area contributed by atoms with Gasteiger partial charge in [0.25, 0.3) is 0 Å². The number of benzene rings is 2. The molecule has 2 heterocycles. The number of allylic oxidation sites excluding steroid dienone is 4. The molecule has 0 atom stereocenters. The number of hydrogen-bond donors (Lipinski definition) is 0. The molecule has 0 aromatic heterocycles. The number of piperidine rings is 1. The Morgan fingerprint density at radius 1 is 0.938 bits per heavy atom. The van der Waals surface area contributed by atoms with Crippen LogP contribution in [0.2, 0.25) is 0 Å². The van der Waals surface area contributed by atoms with Crippen molar-refractivity contribution in [1.29, 1.82) is 0 Å². The van der Waals surface area contributed by atoms with E-state index in [1.165, 1.54) is 40.8 Å². The molecule has 2 aromatic carbocycles. The smallest absolute Gasteiger partial charge is 0.0660 e. The van der Waals surface area contributed by atoms with E-state index in [4.69, 9.17) is 0 Å². The second-order valence-electron chi connectivity index (χ2n) is 9.07. The van der Waals surface area contributed by atoms with Gasteiger partial charge in [-0.25, -0.2) is 0 Å². The number of nitrogens with zero attached hydrogens (tertiary/aromatic N) is 3. The number of rotatable bonds is 7. The van der Waals surface area contributed by atoms with Gasteiger partial charge in [0.1, 0.15) is 0 Å². The van der Waals surface area contributed by atoms with E-state index < -0.39 is 0 Å². The highest BCUT2D eigenvalue weighted by molar-refractivity contribution is 5.75. The van der Waals surface area contributed by atoms with Crippen LogP contribution in [0.4, 0.5) is 0 Å². The van der Waals surface area contributed by atoms with Crippen molar-refractivity contribution in [1.82, 2.24) is 9.80 Å². The van der Waals surface area contributed by atoms with Gasteiger partial charge in [-0.2, -0.15) is 0 Å². The van der Waals surface area contributed by atoms with Crippen LogP contribution in [0.5, 0.6) is 0 Å². The van der Waals surface area contributed by atoms with E-state index in [1.54, 1.807) is 0 Å². The van der Waals surface area contributed by atoms with Gasteiger partial charge >= 0.3 is 0 Å². The van der Waals surface area contributed by atoms with Crippen molar-refractivity contribution in [2.75, 3.05) is 19.6 Å². The Morgan fingerprint density at radius 2 is 1.53 bits per heavy atom. The summed E-state index contributed by atoms with van der Waals surface area (Å²) >= 11 is 0. The van der Waals surface area contributed by atoms with Crippen LogP contribution in [0.25, 0.3) is 0 Å². The molecule has 0 aliphatic carbocycles. The van der Waals surface area contributed by atoms with Gasteiger partial charge < -0.3 is 4.90 Å². The van der Waals surface area contributed by atoms with E-state index in [2.05, 4.69) is 108 Å². The Balaban J connectivity index is 1.45. The van der Waals surface area contributed by atoms with Crippen LogP contribution in [-0.2, 0) is 13.1 Å². The maximum absolute atomic E-state index is 4.48. The maximum Gasteiger partial charge on any atom is 0.0660 e. The van der Waals surface area contributed by atoms with Gasteiger partial charge in [-0.1, -0.05) is 78.4 Å². The summed E-state index contributed by atoms with van der Waals surface area (Å²) in [5, 5.41) is 0. The van der Waals surface area contributed by atoms with Crippen molar-refractivity contribution < 1.29 is 0 Å². The Bertz CT molecular complexity index is 932. The third-order valence-corrected chi connectivity index (χ3v) is 6.32. The first kappa shape index (κ1) is 22.3. The van der Waals surface area contributed by atoms with E-state index in [1.807, 2.05) is 6.21 Å². The minimum absolute atomic E-state index is 0.592. The SMILES string of the molecule is CC(C)=C/C=C1\CN=CC=C1N1CCC(N(Cc2ccccc2)Cc2ccccc2)CC1. The predicted molar refractivity (Wildman–Crippen MR) is 136 cm³/mol. The first-order chi connectivity index (χ1) is 15.7. The van der Waals surface area contributed by atoms with Gasteiger partial charge in [0.2, 0.25) is 0 Å². The van der Waals surface area contributed by atoms with Crippen molar-refractivity contribution >= 4 is 6.21 Å². The van der Waals surface area contributed by atoms with Gasteiger partial charge in [-0.3, -0.25) is 9.89 Å². The summed E-state index contributed by atoms with van der Waals surface area (Å²) in [5.41, 5.74) is 6.79. The van der Waals surface area contributed by atoms with Crippen molar-refractivity contribution in [3.8, 4) is 0 Å². The van der Waals surface area contributed by atoms with E-state index in [9.17, 15) is 0 Å². The number of likely N-dealkylation sites (tertiary alicyclic amines) is 1. The largest absolute Gasteiger partial charge is 0.371 e. The molecule has 3 nitrogen and oxygen atoms in total. The minimum Gasteiger partial charge on any atom is -0.371 e. The maximum atomic E-state index is 4.48. The molecule has 2 aliphatic rings. The standard InChI is InChI=1S/C29H35N3/c1-24(2)13-14-27-21-30-18-15-29(27)31-19-16-28(17-20-31)32(22-25-9-5-3-6-10-25)23-26-11-7-4-8-12-26/h3-15,18,28H,16-17,19-23H2,1-2H3/b27-14+. The van der Waals surface area contributed by atoms with Crippen LogP contribution in [0.1, 0.15) is 37.8 Å². The lowest BCUT2D eigenvalue weighted by atomic mass is 9.98. The molecule has 2 aromatic rings. The minimum atomic E-state index is 0.592. The summed E-state index contributed by atoms with van der Waals surface area (Å²) in [4.78, 5) is 9.73. The summed E-state index contributed by atoms with van der Waals surface area (Å²) in [6, 6.07) is 22.4. The van der Waals surface area contributed by atoms with Gasteiger partial charge in [0, 0.05) is 44.1 Å². The lowest BCUT2D eigenvalue weighted by Crippen LogP contribution is -2.44. The van der Waals surface area contributed by atoms with Crippen LogP contribution in [0, 0.1) is 0 Å². The number of hydrogen-bond acceptors (Lipinski definition) is 3. The molecule has 166 valence electrons. The van der Waals surface area contributed by atoms with Crippen LogP contribution in [0.3, 0.4) is 0 Å². The molecule has 3 heteroatoms. The highest BCUT2D eigenvalue weighted by atomic mass is 15.2. The van der Waals surface area contributed by atoms with Gasteiger partial charge in [0.15, 0.2) is 0 Å². The first-order valence-electron chi connectivity index (χ1n) is 11.8. The Morgan fingerprint density at radius 3 is 2.09 bits per heavy atom. The van der Waals surface area contributed by atoms with E-state index in [0.29, 0.717) is 6.04 Å². The highest BCUT2D eigenvalue weighted by Gasteiger charge is 2.27. The molecule has 2 aliphatic heterocycles. The third-order valence-electron chi connectivity index (χ3n) is 6.32. The Labute approximate surface area is 193 Å². The zero-order valence-electron chi connectivity index (χ0n) is 19.5. The molecule has 0 radical (unpaired) electrons. The highest BCUT2D eigenvalue weighted by Crippen LogP contribution is 2.27. The molecule has 0 amide bonds. The third kappa shape index (κ3) is 6.08. The molecule has 0 saturated carbocycles. The second kappa shape index (κ2) is 11.1. The molecule has 1 saturated heterocycles. The van der Waals surface area contributed by atoms with Crippen molar-refractivity contribution in [3.05, 3.63) is 107 Å². The van der Waals surface area contributed by atoms with Gasteiger partial charge in [-0.05, 0) is 49.5 Å². The lowest BCUT2D eigenvalue weighted by Gasteiger charge is -2.41. The molecule has 0 spiro atoms. The zero-order chi connectivity index (χ0) is 22.2. The van der Waals surface area contributed by atoms with Crippen LogP contribution < -0.4 is 0 Å². The molecular formula is C29H35N3. The molecule has 0 N–H and O–H groups in total. The topological polar surface area (TPSA) is 18.8 Å². The van der Waals surface area contributed by atoms with Crippen LogP contribution in [-0.4, -0.2) is 41.7 Å². The lowest BCUT2D eigenvalue weighted by molar-refractivity contribution is 0.111. The quantitative estimate of drug-likeness (QED) is 0.541. The Hall–Kier alpha value is -2.91. The fourth-order valence-electron chi connectivity index (χ4n) is 4.60. The first-order valence-corrected chi connectivity index (χ1v) is 11.8. The van der Waals surface area contributed by atoms with Crippen molar-refractivity contribution in [3.63, 3.8) is 0 Å². The van der Waals surface area contributed by atoms with Crippen LogP contribution in [0.15, 0.2) is 101 Å². The Kier molecular flexibility index (Phi) is 7.73. The zero-order valence-corrected chi connectivity index (χ0v) is 19.5. The van der Waals surface area contributed by atoms with E-state index in [-0.39, 0.29) is 0 Å². The fraction of sp³-hybridized carbons (Fsp3) is 0.345. The summed E-state index contributed by atoms with van der Waals surface area (Å²) in [7, 11) is 0. The van der Waals surface area contributed by atoms with Gasteiger partial charge in [-0.15, -0.1) is 0 Å². The molecular weight excluding hydrogens is 390 g/mol. The van der Waals surface area contributed by atoms with E-state index >= 15 is 0 Å².